The van der Waals surface area contributed by atoms with Crippen LogP contribution in [0.4, 0.5) is 0 Å². The molecule has 0 aromatic heterocycles. The monoisotopic (exact) mass is 256 g/mol. The van der Waals surface area contributed by atoms with E-state index >= 15 is 0 Å². The van der Waals surface area contributed by atoms with Crippen molar-refractivity contribution in [2.75, 3.05) is 20.3 Å². The summed E-state index contributed by atoms with van der Waals surface area (Å²) in [6, 6.07) is 0.216. The SMILES string of the molecule is COC(CN)CC(=O)NC1C2CCOC2C1(C)C. The Kier molecular flexibility index (Phi) is 3.94. The fourth-order valence-electron chi connectivity index (χ4n) is 3.32. The van der Waals surface area contributed by atoms with Crippen molar-refractivity contribution in [2.45, 2.75) is 44.9 Å². The Hall–Kier alpha value is -0.650. The van der Waals surface area contributed by atoms with Crippen LogP contribution in [0.1, 0.15) is 26.7 Å². The molecule has 104 valence electrons. The van der Waals surface area contributed by atoms with E-state index in [-0.39, 0.29) is 23.5 Å². The third kappa shape index (κ3) is 2.27. The summed E-state index contributed by atoms with van der Waals surface area (Å²) in [6.45, 7) is 5.49. The Bertz CT molecular complexity index is 315. The van der Waals surface area contributed by atoms with Crippen molar-refractivity contribution in [1.29, 1.82) is 0 Å². The minimum absolute atomic E-state index is 0.0238. The molecule has 1 aliphatic heterocycles. The number of ether oxygens (including phenoxy) is 2. The maximum absolute atomic E-state index is 12.0. The fraction of sp³-hybridized carbons (Fsp3) is 0.923. The molecule has 1 heterocycles. The Morgan fingerprint density at radius 2 is 2.33 bits per heavy atom. The predicted octanol–water partition coefficient (Wildman–Crippen LogP) is 0.280. The molecule has 1 saturated heterocycles. The van der Waals surface area contributed by atoms with E-state index in [0.29, 0.717) is 25.0 Å². The molecule has 2 fully saturated rings. The summed E-state index contributed by atoms with van der Waals surface area (Å²) >= 11 is 0. The van der Waals surface area contributed by atoms with Crippen molar-refractivity contribution in [3.8, 4) is 0 Å². The second-order valence-electron chi connectivity index (χ2n) is 5.91. The highest BCUT2D eigenvalue weighted by Crippen LogP contribution is 2.52. The standard InChI is InChI=1S/C13H24N2O3/c1-13(2)11(9-4-5-18-12(9)13)15-10(16)6-8(7-14)17-3/h8-9,11-12H,4-7,14H2,1-3H3,(H,15,16). The first-order chi connectivity index (χ1) is 8.50. The summed E-state index contributed by atoms with van der Waals surface area (Å²) in [5.41, 5.74) is 5.55. The number of hydrogen-bond acceptors (Lipinski definition) is 4. The molecule has 0 aromatic rings. The van der Waals surface area contributed by atoms with Crippen molar-refractivity contribution >= 4 is 5.91 Å². The molecular weight excluding hydrogens is 232 g/mol. The average molecular weight is 256 g/mol. The second-order valence-corrected chi connectivity index (χ2v) is 5.91. The van der Waals surface area contributed by atoms with Gasteiger partial charge in [-0.2, -0.15) is 0 Å². The number of amides is 1. The summed E-state index contributed by atoms with van der Waals surface area (Å²) in [5.74, 6) is 0.499. The van der Waals surface area contributed by atoms with Gasteiger partial charge in [-0.15, -0.1) is 0 Å². The summed E-state index contributed by atoms with van der Waals surface area (Å²) in [4.78, 5) is 12.0. The van der Waals surface area contributed by atoms with Gasteiger partial charge >= 0.3 is 0 Å². The van der Waals surface area contributed by atoms with Crippen molar-refractivity contribution in [2.24, 2.45) is 17.1 Å². The van der Waals surface area contributed by atoms with Gasteiger partial charge in [0.05, 0.1) is 18.6 Å². The van der Waals surface area contributed by atoms with E-state index in [0.717, 1.165) is 13.0 Å². The molecule has 4 unspecified atom stereocenters. The molecule has 0 bridgehead atoms. The van der Waals surface area contributed by atoms with Gasteiger partial charge in [-0.25, -0.2) is 0 Å². The number of rotatable bonds is 5. The van der Waals surface area contributed by atoms with Crippen LogP contribution in [0, 0.1) is 11.3 Å². The molecule has 0 spiro atoms. The third-order valence-electron chi connectivity index (χ3n) is 4.43. The second kappa shape index (κ2) is 5.15. The first-order valence-corrected chi connectivity index (χ1v) is 6.64. The van der Waals surface area contributed by atoms with E-state index in [2.05, 4.69) is 19.2 Å². The van der Waals surface area contributed by atoms with E-state index in [1.54, 1.807) is 7.11 Å². The van der Waals surface area contributed by atoms with Crippen LogP contribution in [-0.4, -0.2) is 44.4 Å². The summed E-state index contributed by atoms with van der Waals surface area (Å²) in [6.07, 6.45) is 1.49. The number of nitrogens with one attached hydrogen (secondary N) is 1. The van der Waals surface area contributed by atoms with Gasteiger partial charge in [-0.3, -0.25) is 4.79 Å². The molecule has 0 radical (unpaired) electrons. The number of carbonyl (C=O) groups is 1. The van der Waals surface area contributed by atoms with Crippen LogP contribution in [0.5, 0.6) is 0 Å². The zero-order valence-electron chi connectivity index (χ0n) is 11.4. The maximum Gasteiger partial charge on any atom is 0.222 e. The van der Waals surface area contributed by atoms with E-state index in [9.17, 15) is 4.79 Å². The van der Waals surface area contributed by atoms with Gasteiger partial charge in [-0.05, 0) is 6.42 Å². The number of methoxy groups -OCH3 is 1. The van der Waals surface area contributed by atoms with E-state index in [4.69, 9.17) is 15.2 Å². The smallest absolute Gasteiger partial charge is 0.222 e. The number of carbonyl (C=O) groups excluding carboxylic acids is 1. The topological polar surface area (TPSA) is 73.6 Å². The van der Waals surface area contributed by atoms with Gasteiger partial charge in [0.25, 0.3) is 0 Å². The summed E-state index contributed by atoms with van der Waals surface area (Å²) in [7, 11) is 1.58. The fourth-order valence-corrected chi connectivity index (χ4v) is 3.32. The highest BCUT2D eigenvalue weighted by molar-refractivity contribution is 5.77. The lowest BCUT2D eigenvalue weighted by Gasteiger charge is -2.54. The predicted molar refractivity (Wildman–Crippen MR) is 68.0 cm³/mol. The van der Waals surface area contributed by atoms with Gasteiger partial charge in [0.1, 0.15) is 0 Å². The molecule has 5 nitrogen and oxygen atoms in total. The van der Waals surface area contributed by atoms with Gasteiger partial charge in [0.15, 0.2) is 0 Å². The Labute approximate surface area is 108 Å². The Morgan fingerprint density at radius 3 is 2.94 bits per heavy atom. The van der Waals surface area contributed by atoms with Gasteiger partial charge in [0, 0.05) is 37.6 Å². The molecule has 1 amide bonds. The van der Waals surface area contributed by atoms with E-state index < -0.39 is 0 Å². The quantitative estimate of drug-likeness (QED) is 0.741. The van der Waals surface area contributed by atoms with E-state index in [1.165, 1.54) is 0 Å². The average Bonchev–Trinajstić information content (AvgIpc) is 2.79. The first-order valence-electron chi connectivity index (χ1n) is 6.64. The number of nitrogens with two attached hydrogens (primary N) is 1. The molecular formula is C13H24N2O3. The molecule has 1 saturated carbocycles. The van der Waals surface area contributed by atoms with Crippen LogP contribution in [0.2, 0.25) is 0 Å². The molecule has 18 heavy (non-hydrogen) atoms. The van der Waals surface area contributed by atoms with Gasteiger partial charge in [0.2, 0.25) is 5.91 Å². The highest BCUT2D eigenvalue weighted by Gasteiger charge is 2.59. The molecule has 2 aliphatic rings. The molecule has 4 atom stereocenters. The number of hydrogen-bond donors (Lipinski definition) is 2. The van der Waals surface area contributed by atoms with Crippen LogP contribution >= 0.6 is 0 Å². The van der Waals surface area contributed by atoms with Crippen LogP contribution in [0.25, 0.3) is 0 Å². The van der Waals surface area contributed by atoms with Crippen molar-refractivity contribution in [3.05, 3.63) is 0 Å². The van der Waals surface area contributed by atoms with Gasteiger partial charge in [-0.1, -0.05) is 13.8 Å². The zero-order valence-corrected chi connectivity index (χ0v) is 11.4. The van der Waals surface area contributed by atoms with Gasteiger partial charge < -0.3 is 20.5 Å². The molecule has 0 aromatic carbocycles. The minimum atomic E-state index is -0.191. The summed E-state index contributed by atoms with van der Waals surface area (Å²) < 4.78 is 10.8. The molecule has 2 rings (SSSR count). The lowest BCUT2D eigenvalue weighted by Crippen LogP contribution is -2.66. The highest BCUT2D eigenvalue weighted by atomic mass is 16.5. The molecule has 3 N–H and O–H groups in total. The van der Waals surface area contributed by atoms with Crippen LogP contribution < -0.4 is 11.1 Å². The zero-order chi connectivity index (χ0) is 13.3. The molecule has 1 aliphatic carbocycles. The van der Waals surface area contributed by atoms with Crippen LogP contribution in [0.3, 0.4) is 0 Å². The first kappa shape index (κ1) is 13.8. The lowest BCUT2D eigenvalue weighted by molar-refractivity contribution is -0.139. The van der Waals surface area contributed by atoms with Crippen LogP contribution in [0.15, 0.2) is 0 Å². The Morgan fingerprint density at radius 1 is 1.61 bits per heavy atom. The molecule has 5 heteroatoms. The van der Waals surface area contributed by atoms with E-state index in [1.807, 2.05) is 0 Å². The van der Waals surface area contributed by atoms with Crippen molar-refractivity contribution in [3.63, 3.8) is 0 Å². The minimum Gasteiger partial charge on any atom is -0.380 e. The largest absolute Gasteiger partial charge is 0.380 e. The Balaban J connectivity index is 1.88. The lowest BCUT2D eigenvalue weighted by atomic mass is 9.57. The number of fused-ring (bicyclic) bond motifs is 1. The van der Waals surface area contributed by atoms with Crippen molar-refractivity contribution in [1.82, 2.24) is 5.32 Å². The normalized spacial score (nSPS) is 34.6. The third-order valence-corrected chi connectivity index (χ3v) is 4.43. The van der Waals surface area contributed by atoms with Crippen LogP contribution in [-0.2, 0) is 14.3 Å². The maximum atomic E-state index is 12.0. The van der Waals surface area contributed by atoms with Crippen molar-refractivity contribution < 1.29 is 14.3 Å². The summed E-state index contributed by atoms with van der Waals surface area (Å²) in [5, 5.41) is 3.12.